The molecular weight excluding hydrogens is 396 g/mol. The van der Waals surface area contributed by atoms with Gasteiger partial charge in [0, 0.05) is 13.5 Å². The van der Waals surface area contributed by atoms with Gasteiger partial charge in [0.05, 0.1) is 36.7 Å². The van der Waals surface area contributed by atoms with Crippen LogP contribution in [0.1, 0.15) is 33.3 Å². The fraction of sp³-hybridized carbons (Fsp3) is 0.417. The molecule has 0 aromatic heterocycles. The monoisotopic (exact) mass is 424 g/mol. The Morgan fingerprint density at radius 2 is 1.74 bits per heavy atom. The second kappa shape index (κ2) is 7.98. The summed E-state index contributed by atoms with van der Waals surface area (Å²) < 4.78 is 10.6. The van der Waals surface area contributed by atoms with E-state index in [1.807, 2.05) is 63.2 Å². The molecule has 0 radical (unpaired) electrons. The van der Waals surface area contributed by atoms with E-state index in [0.717, 1.165) is 16.7 Å². The van der Waals surface area contributed by atoms with E-state index in [1.165, 1.54) is 6.92 Å². The highest BCUT2D eigenvalue weighted by molar-refractivity contribution is 6.03. The lowest BCUT2D eigenvalue weighted by molar-refractivity contribution is -0.184. The number of carbonyl (C=O) groups excluding carboxylic acids is 2. The van der Waals surface area contributed by atoms with E-state index in [1.54, 1.807) is 9.80 Å². The van der Waals surface area contributed by atoms with Gasteiger partial charge in [-0.3, -0.25) is 9.69 Å². The molecule has 2 aromatic rings. The van der Waals surface area contributed by atoms with Crippen LogP contribution in [-0.2, 0) is 19.9 Å². The Bertz CT molecular complexity index is 998. The molecule has 2 aromatic carbocycles. The molecule has 4 rings (SSSR count). The van der Waals surface area contributed by atoms with Gasteiger partial charge in [-0.05, 0) is 49.6 Å². The molecule has 2 amide bonds. The van der Waals surface area contributed by atoms with E-state index in [-0.39, 0.29) is 18.1 Å². The molecule has 2 aliphatic rings. The Morgan fingerprint density at radius 1 is 1.10 bits per heavy atom. The highest BCUT2D eigenvalue weighted by Gasteiger charge is 2.38. The number of amides is 2. The lowest BCUT2D eigenvalue weighted by Crippen LogP contribution is -2.51. The summed E-state index contributed by atoms with van der Waals surface area (Å²) in [6, 6.07) is 13.2. The number of anilines is 2. The van der Waals surface area contributed by atoms with Crippen LogP contribution in [0.4, 0.5) is 16.2 Å². The number of nitrogens with zero attached hydrogens (tertiary/aromatic N) is 2. The maximum absolute atomic E-state index is 12.8. The average Bonchev–Trinajstić information content (AvgIpc) is 2.70. The van der Waals surface area contributed by atoms with Crippen LogP contribution in [0.5, 0.6) is 0 Å². The number of ether oxygens (including phenoxy) is 2. The first-order chi connectivity index (χ1) is 14.7. The number of rotatable bonds is 3. The lowest BCUT2D eigenvalue weighted by atomic mass is 9.90. The van der Waals surface area contributed by atoms with Crippen molar-refractivity contribution in [1.29, 1.82) is 0 Å². The number of fused-ring (bicyclic) bond motifs is 1. The van der Waals surface area contributed by atoms with Crippen LogP contribution < -0.4 is 9.80 Å². The molecular formula is C24H28N2O5. The van der Waals surface area contributed by atoms with Crippen molar-refractivity contribution >= 4 is 23.4 Å². The number of aliphatic hydroxyl groups is 1. The first-order valence-corrected chi connectivity index (χ1v) is 10.5. The van der Waals surface area contributed by atoms with E-state index in [9.17, 15) is 14.7 Å². The minimum Gasteiger partial charge on any atom is -0.446 e. The van der Waals surface area contributed by atoms with Gasteiger partial charge in [-0.15, -0.1) is 0 Å². The van der Waals surface area contributed by atoms with Gasteiger partial charge in [-0.2, -0.15) is 0 Å². The van der Waals surface area contributed by atoms with E-state index in [0.29, 0.717) is 31.1 Å². The Hall–Kier alpha value is -2.90. The van der Waals surface area contributed by atoms with Crippen molar-refractivity contribution in [3.05, 3.63) is 48.0 Å². The molecule has 1 fully saturated rings. The van der Waals surface area contributed by atoms with Gasteiger partial charge in [-0.25, -0.2) is 4.79 Å². The first kappa shape index (κ1) is 21.3. The van der Waals surface area contributed by atoms with Gasteiger partial charge >= 0.3 is 6.09 Å². The Balaban J connectivity index is 1.72. The van der Waals surface area contributed by atoms with Crippen LogP contribution in [0.15, 0.2) is 42.5 Å². The molecule has 0 saturated carbocycles. The summed E-state index contributed by atoms with van der Waals surface area (Å²) in [4.78, 5) is 28.4. The number of hydrogen-bond donors (Lipinski definition) is 1. The number of carbonyl (C=O) groups is 2. The molecule has 1 atom stereocenters. The van der Waals surface area contributed by atoms with Gasteiger partial charge in [0.25, 0.3) is 0 Å². The molecule has 7 nitrogen and oxygen atoms in total. The van der Waals surface area contributed by atoms with Crippen molar-refractivity contribution in [2.45, 2.75) is 45.4 Å². The summed E-state index contributed by atoms with van der Waals surface area (Å²) in [5.74, 6) is -0.0707. The third kappa shape index (κ3) is 3.91. The Kier molecular flexibility index (Phi) is 5.49. The molecule has 0 bridgehead atoms. The molecule has 1 N–H and O–H groups in total. The molecule has 2 heterocycles. The quantitative estimate of drug-likeness (QED) is 0.813. The molecule has 0 aliphatic carbocycles. The van der Waals surface area contributed by atoms with E-state index in [4.69, 9.17) is 9.47 Å². The Morgan fingerprint density at radius 3 is 2.29 bits per heavy atom. The highest BCUT2D eigenvalue weighted by atomic mass is 16.6. The van der Waals surface area contributed by atoms with Crippen LogP contribution in [0.2, 0.25) is 0 Å². The second-order valence-corrected chi connectivity index (χ2v) is 8.59. The van der Waals surface area contributed by atoms with Crippen LogP contribution in [0.3, 0.4) is 0 Å². The highest BCUT2D eigenvalue weighted by Crippen LogP contribution is 2.39. The SMILES string of the molecule is CC(=O)N1c2ccc(-c3ccc(C4(O)COC4)cc3)cc2N(C(=O)OC(C)C)C[C@@H]1C. The summed E-state index contributed by atoms with van der Waals surface area (Å²) in [6.45, 7) is 8.04. The van der Waals surface area contributed by atoms with E-state index < -0.39 is 11.7 Å². The normalized spacial score (nSPS) is 19.6. The predicted octanol–water partition coefficient (Wildman–Crippen LogP) is 3.68. The van der Waals surface area contributed by atoms with E-state index in [2.05, 4.69) is 0 Å². The lowest BCUT2D eigenvalue weighted by Gasteiger charge is -2.40. The second-order valence-electron chi connectivity index (χ2n) is 8.59. The van der Waals surface area contributed by atoms with Crippen LogP contribution in [-0.4, -0.2) is 49.0 Å². The van der Waals surface area contributed by atoms with Gasteiger partial charge in [0.2, 0.25) is 5.91 Å². The third-order valence-electron chi connectivity index (χ3n) is 5.75. The van der Waals surface area contributed by atoms with Crippen LogP contribution in [0, 0.1) is 0 Å². The van der Waals surface area contributed by atoms with Crippen molar-refractivity contribution in [2.75, 3.05) is 29.6 Å². The maximum atomic E-state index is 12.8. The zero-order valence-electron chi connectivity index (χ0n) is 18.3. The minimum absolute atomic E-state index is 0.0707. The molecule has 1 saturated heterocycles. The van der Waals surface area contributed by atoms with Gasteiger partial charge < -0.3 is 19.5 Å². The largest absolute Gasteiger partial charge is 0.446 e. The predicted molar refractivity (Wildman–Crippen MR) is 118 cm³/mol. The summed E-state index contributed by atoms with van der Waals surface area (Å²) in [6.07, 6.45) is -0.667. The van der Waals surface area contributed by atoms with Crippen molar-refractivity contribution in [1.82, 2.24) is 0 Å². The molecule has 2 aliphatic heterocycles. The average molecular weight is 424 g/mol. The fourth-order valence-electron chi connectivity index (χ4n) is 4.16. The van der Waals surface area contributed by atoms with Crippen LogP contribution in [0.25, 0.3) is 11.1 Å². The summed E-state index contributed by atoms with van der Waals surface area (Å²) in [7, 11) is 0. The minimum atomic E-state index is -0.913. The third-order valence-corrected chi connectivity index (χ3v) is 5.75. The Labute approximate surface area is 182 Å². The topological polar surface area (TPSA) is 79.3 Å². The summed E-state index contributed by atoms with van der Waals surface area (Å²) in [5.41, 5.74) is 3.09. The number of hydrogen-bond acceptors (Lipinski definition) is 5. The van der Waals surface area contributed by atoms with Gasteiger partial charge in [-0.1, -0.05) is 30.3 Å². The molecule has 31 heavy (non-hydrogen) atoms. The van der Waals surface area contributed by atoms with Crippen molar-refractivity contribution in [2.24, 2.45) is 0 Å². The van der Waals surface area contributed by atoms with E-state index >= 15 is 0 Å². The zero-order valence-corrected chi connectivity index (χ0v) is 18.3. The molecule has 0 unspecified atom stereocenters. The molecule has 7 heteroatoms. The standard InChI is InChI=1S/C24H28N2O5/c1-15(2)31-23(28)25-12-16(3)26(17(4)27)21-10-7-19(11-22(21)25)18-5-8-20(9-6-18)24(29)13-30-14-24/h5-11,15-16,29H,12-14H2,1-4H3/t16-/m0/s1. The van der Waals surface area contributed by atoms with Gasteiger partial charge in [0.15, 0.2) is 0 Å². The molecule has 0 spiro atoms. The smallest absolute Gasteiger partial charge is 0.414 e. The zero-order chi connectivity index (χ0) is 22.3. The fourth-order valence-corrected chi connectivity index (χ4v) is 4.16. The van der Waals surface area contributed by atoms with Crippen molar-refractivity contribution < 1.29 is 24.2 Å². The van der Waals surface area contributed by atoms with Gasteiger partial charge in [0.1, 0.15) is 5.60 Å². The van der Waals surface area contributed by atoms with Crippen LogP contribution >= 0.6 is 0 Å². The van der Waals surface area contributed by atoms with Crippen molar-refractivity contribution in [3.63, 3.8) is 0 Å². The maximum Gasteiger partial charge on any atom is 0.414 e. The first-order valence-electron chi connectivity index (χ1n) is 10.5. The molecule has 164 valence electrons. The number of benzene rings is 2. The summed E-state index contributed by atoms with van der Waals surface area (Å²) in [5, 5.41) is 10.5. The summed E-state index contributed by atoms with van der Waals surface area (Å²) >= 11 is 0. The van der Waals surface area contributed by atoms with Crippen molar-refractivity contribution in [3.8, 4) is 11.1 Å².